The number of amides is 1. The molecule has 3 aromatic rings. The Labute approximate surface area is 173 Å². The Hall–Kier alpha value is -3.00. The van der Waals surface area contributed by atoms with E-state index in [-0.39, 0.29) is 5.91 Å². The van der Waals surface area contributed by atoms with Gasteiger partial charge in [0.05, 0.1) is 21.3 Å². The number of methoxy groups -OCH3 is 3. The maximum Gasteiger partial charge on any atom is 0.254 e. The van der Waals surface area contributed by atoms with E-state index in [1.165, 1.54) is 0 Å². The Kier molecular flexibility index (Phi) is 5.44. The molecule has 1 fully saturated rings. The number of ether oxygens (including phenoxy) is 3. The lowest BCUT2D eigenvalue weighted by molar-refractivity contribution is 0.0746. The fourth-order valence-electron chi connectivity index (χ4n) is 3.45. The average Bonchev–Trinajstić information content (AvgIpc) is 3.23. The van der Waals surface area contributed by atoms with E-state index < -0.39 is 0 Å². The third kappa shape index (κ3) is 3.67. The van der Waals surface area contributed by atoms with Crippen LogP contribution < -0.4 is 19.1 Å². The molecule has 0 unspecified atom stereocenters. The Balaban J connectivity index is 1.50. The van der Waals surface area contributed by atoms with Crippen molar-refractivity contribution < 1.29 is 19.0 Å². The number of carbonyl (C=O) groups excluding carboxylic acids is 1. The van der Waals surface area contributed by atoms with Crippen molar-refractivity contribution in [3.05, 3.63) is 42.0 Å². The lowest BCUT2D eigenvalue weighted by Crippen LogP contribution is -2.48. The molecule has 8 heteroatoms. The number of anilines is 1. The quantitative estimate of drug-likeness (QED) is 0.640. The molecule has 1 aliphatic heterocycles. The second-order valence-electron chi connectivity index (χ2n) is 6.66. The molecule has 152 valence electrons. The van der Waals surface area contributed by atoms with E-state index >= 15 is 0 Å². The molecule has 0 radical (unpaired) electrons. The minimum atomic E-state index is 0.0242. The number of benzene rings is 2. The summed E-state index contributed by atoms with van der Waals surface area (Å²) in [6.45, 7) is 2.72. The van der Waals surface area contributed by atoms with Crippen LogP contribution in [0.4, 0.5) is 5.13 Å². The predicted molar refractivity (Wildman–Crippen MR) is 114 cm³/mol. The zero-order chi connectivity index (χ0) is 20.4. The lowest BCUT2D eigenvalue weighted by Gasteiger charge is -2.34. The molecule has 0 spiro atoms. The number of aromatic nitrogens is 1. The first kappa shape index (κ1) is 19.3. The van der Waals surface area contributed by atoms with Crippen LogP contribution in [-0.2, 0) is 0 Å². The molecule has 1 aliphatic rings. The molecule has 0 bridgehead atoms. The highest BCUT2D eigenvalue weighted by Crippen LogP contribution is 2.40. The van der Waals surface area contributed by atoms with Crippen molar-refractivity contribution in [1.82, 2.24) is 9.88 Å². The van der Waals surface area contributed by atoms with E-state index in [0.29, 0.717) is 24.4 Å². The zero-order valence-electron chi connectivity index (χ0n) is 16.7. The number of fused-ring (bicyclic) bond motifs is 1. The van der Waals surface area contributed by atoms with E-state index in [4.69, 9.17) is 19.2 Å². The largest absolute Gasteiger partial charge is 0.497 e. The van der Waals surface area contributed by atoms with Crippen LogP contribution in [0.2, 0.25) is 0 Å². The fraction of sp³-hybridized carbons (Fsp3) is 0.333. The Morgan fingerprint density at radius 3 is 2.38 bits per heavy atom. The summed E-state index contributed by atoms with van der Waals surface area (Å²) in [5.74, 6) is 2.23. The first-order valence-corrected chi connectivity index (χ1v) is 10.2. The van der Waals surface area contributed by atoms with Gasteiger partial charge < -0.3 is 24.0 Å². The Bertz CT molecular complexity index is 987. The highest BCUT2D eigenvalue weighted by Gasteiger charge is 2.25. The van der Waals surface area contributed by atoms with Crippen molar-refractivity contribution in [2.24, 2.45) is 0 Å². The number of thiazole rings is 1. The van der Waals surface area contributed by atoms with Crippen LogP contribution in [0.25, 0.3) is 10.2 Å². The molecule has 2 heterocycles. The van der Waals surface area contributed by atoms with Gasteiger partial charge in [-0.3, -0.25) is 4.79 Å². The number of nitrogens with zero attached hydrogens (tertiary/aromatic N) is 3. The molecule has 0 atom stereocenters. The van der Waals surface area contributed by atoms with Gasteiger partial charge >= 0.3 is 0 Å². The first-order valence-electron chi connectivity index (χ1n) is 9.34. The summed E-state index contributed by atoms with van der Waals surface area (Å²) in [7, 11) is 4.90. The van der Waals surface area contributed by atoms with Crippen LogP contribution in [0.3, 0.4) is 0 Å². The van der Waals surface area contributed by atoms with Gasteiger partial charge in [-0.1, -0.05) is 17.4 Å². The second-order valence-corrected chi connectivity index (χ2v) is 7.63. The maximum atomic E-state index is 12.8. The number of hydrogen-bond acceptors (Lipinski definition) is 7. The summed E-state index contributed by atoms with van der Waals surface area (Å²) in [6, 6.07) is 11.0. The van der Waals surface area contributed by atoms with Gasteiger partial charge in [0.15, 0.2) is 5.13 Å². The van der Waals surface area contributed by atoms with Gasteiger partial charge in [-0.25, -0.2) is 4.98 Å². The van der Waals surface area contributed by atoms with Crippen molar-refractivity contribution in [3.63, 3.8) is 0 Å². The zero-order valence-corrected chi connectivity index (χ0v) is 17.5. The van der Waals surface area contributed by atoms with Crippen LogP contribution in [-0.4, -0.2) is 63.3 Å². The second kappa shape index (κ2) is 8.16. The fourth-order valence-corrected chi connectivity index (χ4v) is 4.58. The van der Waals surface area contributed by atoms with Crippen molar-refractivity contribution in [3.8, 4) is 17.2 Å². The van der Waals surface area contributed by atoms with Crippen molar-refractivity contribution in [1.29, 1.82) is 0 Å². The number of carbonyl (C=O) groups is 1. The van der Waals surface area contributed by atoms with Crippen LogP contribution in [0.5, 0.6) is 17.2 Å². The summed E-state index contributed by atoms with van der Waals surface area (Å²) in [6.07, 6.45) is 0. The number of hydrogen-bond donors (Lipinski definition) is 0. The normalized spacial score (nSPS) is 14.2. The smallest absolute Gasteiger partial charge is 0.254 e. The molecule has 0 aliphatic carbocycles. The summed E-state index contributed by atoms with van der Waals surface area (Å²) < 4.78 is 17.1. The average molecular weight is 413 g/mol. The highest BCUT2D eigenvalue weighted by molar-refractivity contribution is 7.22. The van der Waals surface area contributed by atoms with Crippen LogP contribution >= 0.6 is 11.3 Å². The minimum absolute atomic E-state index is 0.0242. The number of rotatable bonds is 5. The number of piperazine rings is 1. The monoisotopic (exact) mass is 413 g/mol. The van der Waals surface area contributed by atoms with Crippen LogP contribution in [0, 0.1) is 0 Å². The third-order valence-electron chi connectivity index (χ3n) is 5.05. The van der Waals surface area contributed by atoms with E-state index in [1.54, 1.807) is 38.7 Å². The van der Waals surface area contributed by atoms with Crippen molar-refractivity contribution >= 4 is 32.6 Å². The third-order valence-corrected chi connectivity index (χ3v) is 6.18. The van der Waals surface area contributed by atoms with Gasteiger partial charge in [0, 0.05) is 31.7 Å². The molecule has 1 amide bonds. The first-order chi connectivity index (χ1) is 14.1. The summed E-state index contributed by atoms with van der Waals surface area (Å²) in [5, 5.41) is 0.913. The summed E-state index contributed by atoms with van der Waals surface area (Å²) in [4.78, 5) is 21.7. The standard InChI is InChI=1S/C21H23N3O4S/c1-26-15-6-4-5-14(13-15)20(25)23-9-11-24(12-10-23)21-22-18-16(27-2)7-8-17(28-3)19(18)29-21/h4-8,13H,9-12H2,1-3H3. The molecule has 2 aromatic carbocycles. The van der Waals surface area contributed by atoms with Gasteiger partial charge in [-0.2, -0.15) is 0 Å². The molecule has 7 nitrogen and oxygen atoms in total. The molecule has 29 heavy (non-hydrogen) atoms. The van der Waals surface area contributed by atoms with E-state index in [1.807, 2.05) is 35.2 Å². The minimum Gasteiger partial charge on any atom is -0.497 e. The van der Waals surface area contributed by atoms with Gasteiger partial charge in [0.1, 0.15) is 27.5 Å². The van der Waals surface area contributed by atoms with E-state index in [2.05, 4.69) is 4.90 Å². The van der Waals surface area contributed by atoms with E-state index in [0.717, 1.165) is 39.9 Å². The van der Waals surface area contributed by atoms with Crippen LogP contribution in [0.15, 0.2) is 36.4 Å². The van der Waals surface area contributed by atoms with Gasteiger partial charge in [-0.15, -0.1) is 0 Å². The summed E-state index contributed by atoms with van der Waals surface area (Å²) >= 11 is 1.59. The summed E-state index contributed by atoms with van der Waals surface area (Å²) in [5.41, 5.74) is 1.45. The van der Waals surface area contributed by atoms with Gasteiger partial charge in [0.25, 0.3) is 5.91 Å². The molecule has 0 saturated carbocycles. The predicted octanol–water partition coefficient (Wildman–Crippen LogP) is 3.28. The maximum absolute atomic E-state index is 12.8. The Morgan fingerprint density at radius 2 is 1.69 bits per heavy atom. The van der Waals surface area contributed by atoms with Crippen LogP contribution in [0.1, 0.15) is 10.4 Å². The topological polar surface area (TPSA) is 64.1 Å². The molecular formula is C21H23N3O4S. The van der Waals surface area contributed by atoms with Crippen molar-refractivity contribution in [2.45, 2.75) is 0 Å². The lowest BCUT2D eigenvalue weighted by atomic mass is 10.1. The van der Waals surface area contributed by atoms with Gasteiger partial charge in [0.2, 0.25) is 0 Å². The SMILES string of the molecule is COc1cccc(C(=O)N2CCN(c3nc4c(OC)ccc(OC)c4s3)CC2)c1. The van der Waals surface area contributed by atoms with E-state index in [9.17, 15) is 4.79 Å². The molecule has 0 N–H and O–H groups in total. The molecular weight excluding hydrogens is 390 g/mol. The highest BCUT2D eigenvalue weighted by atomic mass is 32.1. The Morgan fingerprint density at radius 1 is 0.966 bits per heavy atom. The molecule has 1 aromatic heterocycles. The van der Waals surface area contributed by atoms with Crippen molar-refractivity contribution in [2.75, 3.05) is 52.4 Å². The molecule has 4 rings (SSSR count). The van der Waals surface area contributed by atoms with Gasteiger partial charge in [-0.05, 0) is 30.3 Å². The molecule has 1 saturated heterocycles.